The van der Waals surface area contributed by atoms with Crippen molar-refractivity contribution in [1.82, 2.24) is 9.80 Å². The van der Waals surface area contributed by atoms with Crippen molar-refractivity contribution in [3.05, 3.63) is 60.2 Å². The van der Waals surface area contributed by atoms with Crippen LogP contribution in [0.5, 0.6) is 0 Å². The molecule has 1 aliphatic heterocycles. The monoisotopic (exact) mass is 326 g/mol. The highest BCUT2D eigenvalue weighted by Crippen LogP contribution is 2.18. The van der Waals surface area contributed by atoms with Gasteiger partial charge in [-0.25, -0.2) is 0 Å². The number of carbonyl (C=O) groups excluding carboxylic acids is 2. The van der Waals surface area contributed by atoms with Gasteiger partial charge in [-0.15, -0.1) is 0 Å². The van der Waals surface area contributed by atoms with E-state index in [1.165, 1.54) is 5.56 Å². The first-order valence-electron chi connectivity index (χ1n) is 8.51. The van der Waals surface area contributed by atoms with Crippen LogP contribution in [0.25, 0.3) is 0 Å². The Labute approximate surface area is 144 Å². The van der Waals surface area contributed by atoms with Gasteiger partial charge in [0.1, 0.15) is 0 Å². The molecule has 0 spiro atoms. The Hall–Kier alpha value is -2.36. The number of nitrogens with zero attached hydrogens (tertiary/aromatic N) is 2. The van der Waals surface area contributed by atoms with Crippen molar-refractivity contribution in [2.45, 2.75) is 32.2 Å². The summed E-state index contributed by atoms with van der Waals surface area (Å²) in [6, 6.07) is 10.2. The van der Waals surface area contributed by atoms with Gasteiger partial charge in [0.25, 0.3) is 5.91 Å². The van der Waals surface area contributed by atoms with Crippen LogP contribution in [0.1, 0.15) is 25.3 Å². The van der Waals surface area contributed by atoms with E-state index >= 15 is 0 Å². The maximum absolute atomic E-state index is 12.7. The number of amides is 2. The fraction of sp³-hybridized carbons (Fsp3) is 0.400. The summed E-state index contributed by atoms with van der Waals surface area (Å²) >= 11 is 0. The van der Waals surface area contributed by atoms with Crippen LogP contribution in [0.3, 0.4) is 0 Å². The Balaban J connectivity index is 2.06. The minimum absolute atomic E-state index is 0.0539. The van der Waals surface area contributed by atoms with E-state index in [0.717, 1.165) is 32.2 Å². The highest BCUT2D eigenvalue weighted by molar-refractivity contribution is 5.95. The molecule has 1 atom stereocenters. The molecule has 0 N–H and O–H groups in total. The second kappa shape index (κ2) is 9.06. The predicted molar refractivity (Wildman–Crippen MR) is 96.5 cm³/mol. The van der Waals surface area contributed by atoms with Gasteiger partial charge in [-0.3, -0.25) is 9.59 Å². The second-order valence-corrected chi connectivity index (χ2v) is 6.15. The molecule has 1 unspecified atom stereocenters. The molecule has 0 aromatic heterocycles. The number of likely N-dealkylation sites (tertiary alicyclic amines) is 1. The third kappa shape index (κ3) is 4.82. The molecular formula is C20H26N2O2. The SMILES string of the molecule is C=C(/C=C\C)C(=O)N(CCc1ccccc1)CC1CCCN1C=O. The molecule has 0 aliphatic carbocycles. The second-order valence-electron chi connectivity index (χ2n) is 6.15. The first kappa shape index (κ1) is 18.0. The Morgan fingerprint density at radius 1 is 1.38 bits per heavy atom. The molecule has 1 aromatic carbocycles. The third-order valence-electron chi connectivity index (χ3n) is 4.43. The van der Waals surface area contributed by atoms with Gasteiger partial charge in [0.2, 0.25) is 6.41 Å². The van der Waals surface area contributed by atoms with Crippen molar-refractivity contribution >= 4 is 12.3 Å². The summed E-state index contributed by atoms with van der Waals surface area (Å²) in [7, 11) is 0. The third-order valence-corrected chi connectivity index (χ3v) is 4.43. The highest BCUT2D eigenvalue weighted by Gasteiger charge is 2.27. The molecule has 2 amide bonds. The van der Waals surface area contributed by atoms with Crippen LogP contribution in [0.4, 0.5) is 0 Å². The van der Waals surface area contributed by atoms with E-state index in [2.05, 4.69) is 18.7 Å². The minimum Gasteiger partial charge on any atom is -0.340 e. The molecule has 0 radical (unpaired) electrons. The van der Waals surface area contributed by atoms with Crippen LogP contribution in [-0.2, 0) is 16.0 Å². The summed E-state index contributed by atoms with van der Waals surface area (Å²) in [4.78, 5) is 27.5. The molecule has 128 valence electrons. The van der Waals surface area contributed by atoms with Crippen molar-refractivity contribution in [3.63, 3.8) is 0 Å². The molecule has 0 bridgehead atoms. The van der Waals surface area contributed by atoms with E-state index in [0.29, 0.717) is 18.7 Å². The number of rotatable bonds is 8. The van der Waals surface area contributed by atoms with Crippen LogP contribution in [0.15, 0.2) is 54.6 Å². The molecule has 1 saturated heterocycles. The lowest BCUT2D eigenvalue weighted by atomic mass is 10.1. The van der Waals surface area contributed by atoms with E-state index in [4.69, 9.17) is 0 Å². The number of benzene rings is 1. The van der Waals surface area contributed by atoms with Gasteiger partial charge < -0.3 is 9.80 Å². The molecule has 1 heterocycles. The van der Waals surface area contributed by atoms with E-state index in [-0.39, 0.29) is 11.9 Å². The Bertz CT molecular complexity index is 595. The molecule has 1 aliphatic rings. The highest BCUT2D eigenvalue weighted by atomic mass is 16.2. The largest absolute Gasteiger partial charge is 0.340 e. The summed E-state index contributed by atoms with van der Waals surface area (Å²) in [5.41, 5.74) is 1.69. The molecule has 4 nitrogen and oxygen atoms in total. The number of allylic oxidation sites excluding steroid dienone is 1. The predicted octanol–water partition coefficient (Wildman–Crippen LogP) is 2.81. The van der Waals surface area contributed by atoms with Gasteiger partial charge in [-0.05, 0) is 31.7 Å². The van der Waals surface area contributed by atoms with Gasteiger partial charge >= 0.3 is 0 Å². The minimum atomic E-state index is -0.0539. The number of hydrogen-bond donors (Lipinski definition) is 0. The lowest BCUT2D eigenvalue weighted by Gasteiger charge is -2.29. The molecule has 1 fully saturated rings. The first-order valence-corrected chi connectivity index (χ1v) is 8.51. The van der Waals surface area contributed by atoms with E-state index in [9.17, 15) is 9.59 Å². The Kier molecular flexibility index (Phi) is 6.79. The normalized spacial score (nSPS) is 17.2. The zero-order valence-electron chi connectivity index (χ0n) is 14.4. The van der Waals surface area contributed by atoms with Crippen LogP contribution in [0.2, 0.25) is 0 Å². The zero-order chi connectivity index (χ0) is 17.4. The van der Waals surface area contributed by atoms with Crippen molar-refractivity contribution in [1.29, 1.82) is 0 Å². The van der Waals surface area contributed by atoms with Crippen molar-refractivity contribution in [2.24, 2.45) is 0 Å². The molecule has 2 rings (SSSR count). The van der Waals surface area contributed by atoms with E-state index in [1.54, 1.807) is 11.0 Å². The molecule has 1 aromatic rings. The maximum atomic E-state index is 12.7. The van der Waals surface area contributed by atoms with Gasteiger partial charge in [0.05, 0.1) is 0 Å². The Morgan fingerprint density at radius 3 is 2.79 bits per heavy atom. The van der Waals surface area contributed by atoms with Crippen LogP contribution < -0.4 is 0 Å². The van der Waals surface area contributed by atoms with Gasteiger partial charge in [-0.1, -0.05) is 49.1 Å². The molecule has 24 heavy (non-hydrogen) atoms. The lowest BCUT2D eigenvalue weighted by Crippen LogP contribution is -2.43. The summed E-state index contributed by atoms with van der Waals surface area (Å²) in [5.74, 6) is -0.0539. The fourth-order valence-electron chi connectivity index (χ4n) is 3.11. The molecule has 4 heteroatoms. The zero-order valence-corrected chi connectivity index (χ0v) is 14.4. The number of carbonyl (C=O) groups is 2. The lowest BCUT2D eigenvalue weighted by molar-refractivity contribution is -0.129. The van der Waals surface area contributed by atoms with E-state index in [1.807, 2.05) is 36.1 Å². The molecular weight excluding hydrogens is 300 g/mol. The van der Waals surface area contributed by atoms with Crippen LogP contribution in [0, 0.1) is 0 Å². The quantitative estimate of drug-likeness (QED) is 0.419. The van der Waals surface area contributed by atoms with Gasteiger partial charge in [-0.2, -0.15) is 0 Å². The average Bonchev–Trinajstić information content (AvgIpc) is 3.06. The summed E-state index contributed by atoms with van der Waals surface area (Å²) in [6.45, 7) is 7.73. The van der Waals surface area contributed by atoms with Crippen molar-refractivity contribution in [2.75, 3.05) is 19.6 Å². The van der Waals surface area contributed by atoms with Gasteiger partial charge in [0.15, 0.2) is 0 Å². The smallest absolute Gasteiger partial charge is 0.253 e. The summed E-state index contributed by atoms with van der Waals surface area (Å²) in [5, 5.41) is 0. The fourth-order valence-corrected chi connectivity index (χ4v) is 3.11. The van der Waals surface area contributed by atoms with E-state index < -0.39 is 0 Å². The number of hydrogen-bond acceptors (Lipinski definition) is 2. The van der Waals surface area contributed by atoms with Crippen LogP contribution >= 0.6 is 0 Å². The molecule has 0 saturated carbocycles. The Morgan fingerprint density at radius 2 is 2.12 bits per heavy atom. The summed E-state index contributed by atoms with van der Waals surface area (Å²) < 4.78 is 0. The topological polar surface area (TPSA) is 40.6 Å². The van der Waals surface area contributed by atoms with Crippen molar-refractivity contribution in [3.8, 4) is 0 Å². The van der Waals surface area contributed by atoms with Crippen molar-refractivity contribution < 1.29 is 9.59 Å². The standard InChI is InChI=1S/C20H26N2O2/c1-3-8-17(2)20(24)21(14-12-18-9-5-4-6-10-18)15-19-11-7-13-22(19)16-23/h3-6,8-10,16,19H,2,7,11-15H2,1H3/b8-3-. The first-order chi connectivity index (χ1) is 11.7. The van der Waals surface area contributed by atoms with Gasteiger partial charge in [0, 0.05) is 31.2 Å². The summed E-state index contributed by atoms with van der Waals surface area (Å²) in [6.07, 6.45) is 7.21. The average molecular weight is 326 g/mol. The maximum Gasteiger partial charge on any atom is 0.253 e. The van der Waals surface area contributed by atoms with Crippen LogP contribution in [-0.4, -0.2) is 47.8 Å².